The first-order chi connectivity index (χ1) is 13.0. The van der Waals surface area contributed by atoms with Crippen molar-refractivity contribution in [1.82, 2.24) is 4.90 Å². The molecule has 2 rings (SSSR count). The second-order valence-electron chi connectivity index (χ2n) is 7.71. The highest BCUT2D eigenvalue weighted by Gasteiger charge is 2.33. The Kier molecular flexibility index (Phi) is 7.01. The molecule has 1 aromatic carbocycles. The van der Waals surface area contributed by atoms with Gasteiger partial charge in [0, 0.05) is 18.5 Å². The zero-order valence-electron chi connectivity index (χ0n) is 16.5. The number of amides is 1. The van der Waals surface area contributed by atoms with Crippen molar-refractivity contribution in [2.45, 2.75) is 38.9 Å². The minimum absolute atomic E-state index is 0.00725. The molecule has 28 heavy (non-hydrogen) atoms. The van der Waals surface area contributed by atoms with Gasteiger partial charge in [0.05, 0.1) is 37.1 Å². The van der Waals surface area contributed by atoms with Crippen molar-refractivity contribution >= 4 is 29.4 Å². The van der Waals surface area contributed by atoms with Gasteiger partial charge >= 0.3 is 12.1 Å². The van der Waals surface area contributed by atoms with Crippen molar-refractivity contribution in [3.63, 3.8) is 0 Å². The van der Waals surface area contributed by atoms with E-state index in [2.05, 4.69) is 0 Å². The zero-order chi connectivity index (χ0) is 21.1. The molecule has 1 aliphatic rings. The van der Waals surface area contributed by atoms with Crippen molar-refractivity contribution < 1.29 is 28.9 Å². The van der Waals surface area contributed by atoms with E-state index in [0.29, 0.717) is 18.7 Å². The number of aliphatic hydroxyl groups is 1. The van der Waals surface area contributed by atoms with E-state index in [1.807, 2.05) is 0 Å². The number of halogens is 1. The monoisotopic (exact) mass is 414 g/mol. The summed E-state index contributed by atoms with van der Waals surface area (Å²) in [7, 11) is 1.41. The molecule has 9 heteroatoms. The molecular formula is C19H27ClN2O6. The third-order valence-corrected chi connectivity index (χ3v) is 4.67. The summed E-state index contributed by atoms with van der Waals surface area (Å²) in [6.45, 7) is 5.88. The van der Waals surface area contributed by atoms with Gasteiger partial charge in [-0.15, -0.1) is 0 Å². The largest absolute Gasteiger partial charge is 0.496 e. The smallest absolute Gasteiger partial charge is 0.410 e. The number of benzene rings is 1. The van der Waals surface area contributed by atoms with E-state index in [1.54, 1.807) is 20.8 Å². The normalized spacial score (nSPS) is 19.9. The van der Waals surface area contributed by atoms with Gasteiger partial charge in [-0.25, -0.2) is 9.59 Å². The molecule has 1 heterocycles. The molecule has 0 radical (unpaired) electrons. The van der Waals surface area contributed by atoms with Gasteiger partial charge in [0.15, 0.2) is 0 Å². The van der Waals surface area contributed by atoms with E-state index in [1.165, 1.54) is 24.1 Å². The first-order valence-electron chi connectivity index (χ1n) is 8.98. The lowest BCUT2D eigenvalue weighted by molar-refractivity contribution is -0.0292. The molecule has 0 spiro atoms. The summed E-state index contributed by atoms with van der Waals surface area (Å²) in [5, 5.41) is 10.6. The number of aliphatic hydroxyl groups excluding tert-OH is 1. The molecule has 2 unspecified atom stereocenters. The number of rotatable bonds is 4. The summed E-state index contributed by atoms with van der Waals surface area (Å²) in [6.07, 6.45) is -0.818. The number of carbonyl (C=O) groups excluding carboxylic acids is 2. The number of carbonyl (C=O) groups is 2. The summed E-state index contributed by atoms with van der Waals surface area (Å²) in [6, 6.07) is 2.84. The van der Waals surface area contributed by atoms with Crippen molar-refractivity contribution in [3.8, 4) is 5.75 Å². The van der Waals surface area contributed by atoms with Gasteiger partial charge in [0.1, 0.15) is 16.9 Å². The summed E-state index contributed by atoms with van der Waals surface area (Å²) in [5.74, 6) is -0.661. The lowest BCUT2D eigenvalue weighted by atomic mass is 9.95. The van der Waals surface area contributed by atoms with Crippen LogP contribution in [0.2, 0.25) is 5.02 Å². The predicted octanol–water partition coefficient (Wildman–Crippen LogP) is 2.71. The molecule has 0 bridgehead atoms. The molecule has 1 saturated heterocycles. The molecule has 0 aliphatic carbocycles. The lowest BCUT2D eigenvalue weighted by Gasteiger charge is -2.36. The van der Waals surface area contributed by atoms with Crippen molar-refractivity contribution in [2.75, 3.05) is 32.5 Å². The Morgan fingerprint density at radius 2 is 2.04 bits per heavy atom. The van der Waals surface area contributed by atoms with E-state index >= 15 is 0 Å². The summed E-state index contributed by atoms with van der Waals surface area (Å²) in [5.41, 5.74) is 5.55. The Labute approximate surface area is 169 Å². The van der Waals surface area contributed by atoms with Crippen LogP contribution in [0.25, 0.3) is 0 Å². The van der Waals surface area contributed by atoms with Gasteiger partial charge in [0.25, 0.3) is 0 Å². The molecule has 1 amide bonds. The van der Waals surface area contributed by atoms with E-state index < -0.39 is 23.8 Å². The number of ether oxygens (including phenoxy) is 3. The van der Waals surface area contributed by atoms with Gasteiger partial charge in [-0.05, 0) is 33.3 Å². The second-order valence-corrected chi connectivity index (χ2v) is 8.12. The molecule has 8 nitrogen and oxygen atoms in total. The first-order valence-corrected chi connectivity index (χ1v) is 9.35. The molecule has 2 atom stereocenters. The minimum Gasteiger partial charge on any atom is -0.496 e. The molecule has 1 aliphatic heterocycles. The Balaban J connectivity index is 1.93. The first kappa shape index (κ1) is 22.1. The lowest BCUT2D eigenvalue weighted by Crippen LogP contribution is -2.49. The summed E-state index contributed by atoms with van der Waals surface area (Å²) >= 11 is 5.97. The van der Waals surface area contributed by atoms with E-state index in [9.17, 15) is 14.7 Å². The topological polar surface area (TPSA) is 111 Å². The number of nitrogens with two attached hydrogens (primary N) is 1. The molecule has 1 fully saturated rings. The second kappa shape index (κ2) is 8.87. The van der Waals surface area contributed by atoms with Gasteiger partial charge in [-0.1, -0.05) is 11.6 Å². The number of hydrogen-bond acceptors (Lipinski definition) is 7. The highest BCUT2D eigenvalue weighted by Crippen LogP contribution is 2.30. The van der Waals surface area contributed by atoms with Gasteiger partial charge in [0.2, 0.25) is 0 Å². The molecule has 0 aromatic heterocycles. The number of esters is 1. The number of likely N-dealkylation sites (tertiary alicyclic amines) is 1. The fraction of sp³-hybridized carbons (Fsp3) is 0.579. The third-order valence-electron chi connectivity index (χ3n) is 4.34. The maximum atomic E-state index is 12.4. The zero-order valence-corrected chi connectivity index (χ0v) is 17.3. The number of hydrogen-bond donors (Lipinski definition) is 2. The average molecular weight is 415 g/mol. The van der Waals surface area contributed by atoms with Gasteiger partial charge < -0.3 is 30.0 Å². The number of nitrogen functional groups attached to an aromatic ring is 1. The summed E-state index contributed by atoms with van der Waals surface area (Å²) in [4.78, 5) is 26.0. The molecule has 156 valence electrons. The fourth-order valence-electron chi connectivity index (χ4n) is 2.82. The maximum absolute atomic E-state index is 12.4. The molecule has 0 saturated carbocycles. The SMILES string of the molecule is COc1cc(N)c(Cl)cc1C(=O)OCC1CCN(C(=O)OC(C)(C)C)CC1O. The van der Waals surface area contributed by atoms with Crippen LogP contribution in [0, 0.1) is 5.92 Å². The number of methoxy groups -OCH3 is 1. The third kappa shape index (κ3) is 5.65. The van der Waals surface area contributed by atoms with E-state index in [-0.39, 0.29) is 35.4 Å². The Hall–Kier alpha value is -2.19. The van der Waals surface area contributed by atoms with Crippen LogP contribution in [0.3, 0.4) is 0 Å². The number of β-amino-alcohol motifs (C(OH)–C–C–N with tert-alkyl or cyclic N) is 1. The van der Waals surface area contributed by atoms with Crippen LogP contribution in [0.5, 0.6) is 5.75 Å². The maximum Gasteiger partial charge on any atom is 0.410 e. The number of piperidine rings is 1. The van der Waals surface area contributed by atoms with Crippen LogP contribution in [-0.2, 0) is 9.47 Å². The van der Waals surface area contributed by atoms with Crippen molar-refractivity contribution in [2.24, 2.45) is 5.92 Å². The highest BCUT2D eigenvalue weighted by molar-refractivity contribution is 6.33. The number of nitrogens with zero attached hydrogens (tertiary/aromatic N) is 1. The Bertz CT molecular complexity index is 734. The highest BCUT2D eigenvalue weighted by atomic mass is 35.5. The Morgan fingerprint density at radius 1 is 1.36 bits per heavy atom. The number of anilines is 1. The van der Waals surface area contributed by atoms with Gasteiger partial charge in [-0.2, -0.15) is 0 Å². The molecular weight excluding hydrogens is 388 g/mol. The minimum atomic E-state index is -0.828. The molecule has 3 N–H and O–H groups in total. The van der Waals surface area contributed by atoms with Crippen LogP contribution in [0.1, 0.15) is 37.6 Å². The van der Waals surface area contributed by atoms with Crippen LogP contribution in [0.15, 0.2) is 12.1 Å². The van der Waals surface area contributed by atoms with E-state index in [4.69, 9.17) is 31.5 Å². The Morgan fingerprint density at radius 3 is 2.61 bits per heavy atom. The quantitative estimate of drug-likeness (QED) is 0.575. The van der Waals surface area contributed by atoms with Crippen LogP contribution in [-0.4, -0.2) is 60.6 Å². The van der Waals surface area contributed by atoms with Crippen molar-refractivity contribution in [3.05, 3.63) is 22.7 Å². The van der Waals surface area contributed by atoms with Crippen LogP contribution < -0.4 is 10.5 Å². The fourth-order valence-corrected chi connectivity index (χ4v) is 2.99. The van der Waals surface area contributed by atoms with Gasteiger partial charge in [-0.3, -0.25) is 0 Å². The van der Waals surface area contributed by atoms with Crippen LogP contribution >= 0.6 is 11.6 Å². The predicted molar refractivity (Wildman–Crippen MR) is 105 cm³/mol. The van der Waals surface area contributed by atoms with Crippen LogP contribution in [0.4, 0.5) is 10.5 Å². The standard InChI is InChI=1S/C19H27ClN2O6/c1-19(2,3)28-18(25)22-6-5-11(15(23)9-22)10-27-17(24)12-7-13(20)14(21)8-16(12)26-4/h7-8,11,15,23H,5-6,9-10,21H2,1-4H3. The van der Waals surface area contributed by atoms with E-state index in [0.717, 1.165) is 0 Å². The molecule has 1 aromatic rings. The average Bonchev–Trinajstić information content (AvgIpc) is 2.60. The van der Waals surface area contributed by atoms with Crippen molar-refractivity contribution in [1.29, 1.82) is 0 Å². The summed E-state index contributed by atoms with van der Waals surface area (Å²) < 4.78 is 15.8.